The number of ether oxygens (including phenoxy) is 5. The van der Waals surface area contributed by atoms with Crippen LogP contribution in [0.1, 0.15) is 107 Å². The maximum atomic E-state index is 13.6. The van der Waals surface area contributed by atoms with E-state index in [0.29, 0.717) is 54.4 Å². The monoisotopic (exact) mass is 772 g/mol. The van der Waals surface area contributed by atoms with Gasteiger partial charge in [-0.1, -0.05) is 93.6 Å². The van der Waals surface area contributed by atoms with Crippen LogP contribution in [0, 0.1) is 22.7 Å². The smallest absolute Gasteiger partial charge is 0.338 e. The summed E-state index contributed by atoms with van der Waals surface area (Å²) in [5.74, 6) is -1.68. The number of rotatable bonds is 12. The van der Waals surface area contributed by atoms with Gasteiger partial charge in [-0.2, -0.15) is 0 Å². The van der Waals surface area contributed by atoms with Crippen LogP contribution in [0.3, 0.4) is 0 Å². The SMILES string of the molecule is C[C@@H]1CCC2[C@](C)(COC(=O)c3ccccc3)[C@@H](OC(=O)c3ccccc3)CC[C@]2(C)[C@@]12CCC(CCOC(=O)c1ccccc1)(COC(=O)c1ccccc1)O2. The van der Waals surface area contributed by atoms with Gasteiger partial charge in [-0.05, 0) is 98.9 Å². The zero-order valence-corrected chi connectivity index (χ0v) is 33.0. The van der Waals surface area contributed by atoms with Gasteiger partial charge in [0.15, 0.2) is 0 Å². The van der Waals surface area contributed by atoms with Gasteiger partial charge in [-0.3, -0.25) is 0 Å². The van der Waals surface area contributed by atoms with Crippen molar-refractivity contribution in [1.82, 2.24) is 0 Å². The molecule has 0 radical (unpaired) electrons. The van der Waals surface area contributed by atoms with E-state index in [1.807, 2.05) is 36.4 Å². The molecule has 1 spiro atoms. The normalized spacial score (nSPS) is 29.1. The molecule has 4 aromatic carbocycles. The third kappa shape index (κ3) is 7.99. The number of hydrogen-bond acceptors (Lipinski definition) is 9. The van der Waals surface area contributed by atoms with Crippen LogP contribution in [0.15, 0.2) is 121 Å². The zero-order chi connectivity index (χ0) is 40.1. The number of benzene rings is 4. The first-order valence-electron chi connectivity index (χ1n) is 20.1. The Morgan fingerprint density at radius 3 is 1.58 bits per heavy atom. The molecule has 9 heteroatoms. The average Bonchev–Trinajstić information content (AvgIpc) is 3.64. The van der Waals surface area contributed by atoms with Crippen molar-refractivity contribution in [2.24, 2.45) is 22.7 Å². The molecule has 0 bridgehead atoms. The van der Waals surface area contributed by atoms with Gasteiger partial charge in [0.2, 0.25) is 0 Å². The minimum Gasteiger partial charge on any atom is -0.462 e. The highest BCUT2D eigenvalue weighted by Crippen LogP contribution is 2.68. The van der Waals surface area contributed by atoms with E-state index in [1.54, 1.807) is 84.9 Å². The Labute approximate surface area is 335 Å². The number of hydrogen-bond donors (Lipinski definition) is 0. The summed E-state index contributed by atoms with van der Waals surface area (Å²) in [7, 11) is 0. The van der Waals surface area contributed by atoms with E-state index in [9.17, 15) is 19.2 Å². The molecule has 9 nitrogen and oxygen atoms in total. The van der Waals surface area contributed by atoms with E-state index in [1.165, 1.54) is 0 Å². The lowest BCUT2D eigenvalue weighted by Gasteiger charge is -2.65. The fourth-order valence-electron chi connectivity index (χ4n) is 10.1. The third-order valence-corrected chi connectivity index (χ3v) is 13.3. The molecular weight excluding hydrogens is 721 g/mol. The van der Waals surface area contributed by atoms with E-state index in [4.69, 9.17) is 23.7 Å². The summed E-state index contributed by atoms with van der Waals surface area (Å²) in [5.41, 5.74) is -1.02. The highest BCUT2D eigenvalue weighted by Gasteiger charge is 2.70. The van der Waals surface area contributed by atoms with Crippen molar-refractivity contribution in [2.75, 3.05) is 19.8 Å². The van der Waals surface area contributed by atoms with Crippen molar-refractivity contribution in [3.05, 3.63) is 144 Å². The molecule has 7 rings (SSSR count). The third-order valence-electron chi connectivity index (χ3n) is 13.3. The van der Waals surface area contributed by atoms with Gasteiger partial charge in [-0.25, -0.2) is 19.2 Å². The maximum Gasteiger partial charge on any atom is 0.338 e. The van der Waals surface area contributed by atoms with Crippen molar-refractivity contribution in [3.8, 4) is 0 Å². The lowest BCUT2D eigenvalue weighted by Crippen LogP contribution is -2.67. The van der Waals surface area contributed by atoms with Gasteiger partial charge in [0.05, 0.1) is 34.5 Å². The predicted octanol–water partition coefficient (Wildman–Crippen LogP) is 9.31. The number of carbonyl (C=O) groups is 4. The molecule has 0 amide bonds. The molecule has 2 unspecified atom stereocenters. The second-order valence-electron chi connectivity index (χ2n) is 16.6. The van der Waals surface area contributed by atoms with E-state index < -0.39 is 52.0 Å². The van der Waals surface area contributed by atoms with E-state index in [0.717, 1.165) is 12.8 Å². The molecule has 0 N–H and O–H groups in total. The average molecular weight is 773 g/mol. The molecule has 4 aromatic rings. The molecule has 57 heavy (non-hydrogen) atoms. The lowest BCUT2D eigenvalue weighted by atomic mass is 9.43. The summed E-state index contributed by atoms with van der Waals surface area (Å²) < 4.78 is 31.9. The van der Waals surface area contributed by atoms with Crippen LogP contribution < -0.4 is 0 Å². The maximum absolute atomic E-state index is 13.6. The Morgan fingerprint density at radius 2 is 1.05 bits per heavy atom. The van der Waals surface area contributed by atoms with E-state index >= 15 is 0 Å². The molecule has 0 aromatic heterocycles. The molecule has 1 aliphatic heterocycles. The minimum atomic E-state index is -0.937. The Bertz CT molecular complexity index is 2020. The molecule has 298 valence electrons. The Balaban J connectivity index is 1.18. The second-order valence-corrected chi connectivity index (χ2v) is 16.6. The fourth-order valence-corrected chi connectivity index (χ4v) is 10.1. The summed E-state index contributed by atoms with van der Waals surface area (Å²) in [5, 5.41) is 0. The lowest BCUT2D eigenvalue weighted by molar-refractivity contribution is -0.271. The fraction of sp³-hybridized carbons (Fsp3) is 0.417. The van der Waals surface area contributed by atoms with Gasteiger partial charge in [0.1, 0.15) is 24.9 Å². The van der Waals surface area contributed by atoms with Crippen molar-refractivity contribution in [1.29, 1.82) is 0 Å². The largest absolute Gasteiger partial charge is 0.462 e. The Kier molecular flexibility index (Phi) is 11.7. The number of carbonyl (C=O) groups excluding carboxylic acids is 4. The highest BCUT2D eigenvalue weighted by atomic mass is 16.6. The predicted molar refractivity (Wildman–Crippen MR) is 214 cm³/mol. The summed E-state index contributed by atoms with van der Waals surface area (Å²) in [6.07, 6.45) is 3.92. The van der Waals surface area contributed by atoms with Gasteiger partial charge in [0.25, 0.3) is 0 Å². The zero-order valence-electron chi connectivity index (χ0n) is 33.0. The summed E-state index contributed by atoms with van der Waals surface area (Å²) in [6.45, 7) is 6.72. The van der Waals surface area contributed by atoms with Crippen LogP contribution in [0.4, 0.5) is 0 Å². The van der Waals surface area contributed by atoms with Crippen LogP contribution >= 0.6 is 0 Å². The van der Waals surface area contributed by atoms with Crippen molar-refractivity contribution in [3.63, 3.8) is 0 Å². The van der Waals surface area contributed by atoms with E-state index in [-0.39, 0.29) is 31.7 Å². The molecule has 3 fully saturated rings. The topological polar surface area (TPSA) is 114 Å². The Morgan fingerprint density at radius 1 is 0.579 bits per heavy atom. The summed E-state index contributed by atoms with van der Waals surface area (Å²) >= 11 is 0. The van der Waals surface area contributed by atoms with Crippen molar-refractivity contribution >= 4 is 23.9 Å². The first-order chi connectivity index (χ1) is 27.5. The number of fused-ring (bicyclic) bond motifs is 2. The molecule has 2 aliphatic carbocycles. The van der Waals surface area contributed by atoms with Gasteiger partial charge in [0, 0.05) is 17.3 Å². The standard InChI is InChI=1S/C48H52O9/c1-34-24-25-39-45(2,32-54-42(50)36-18-10-5-11-19-36)40(56-44(52)38-22-14-7-15-23-38)26-27-46(39,3)48(34)29-28-47(57-48,33-55-43(51)37-20-12-6-13-21-37)30-31-53-41(49)35-16-8-4-9-17-35/h4-23,34,39-40H,24-33H2,1-3H3/t34-,39?,40+,45+,46+,47?,48-/m1/s1. The minimum absolute atomic E-state index is 0.0118. The quantitative estimate of drug-likeness (QED) is 0.103. The van der Waals surface area contributed by atoms with Crippen LogP contribution in [0.5, 0.6) is 0 Å². The molecule has 3 aliphatic rings. The van der Waals surface area contributed by atoms with E-state index in [2.05, 4.69) is 20.8 Å². The van der Waals surface area contributed by atoms with Crippen molar-refractivity contribution < 1.29 is 42.9 Å². The molecule has 2 saturated carbocycles. The summed E-state index contributed by atoms with van der Waals surface area (Å²) in [4.78, 5) is 53.4. The molecular formula is C48H52O9. The number of esters is 4. The summed E-state index contributed by atoms with van der Waals surface area (Å²) in [6, 6.07) is 35.6. The van der Waals surface area contributed by atoms with Gasteiger partial charge < -0.3 is 23.7 Å². The van der Waals surface area contributed by atoms with Crippen LogP contribution in [-0.2, 0) is 23.7 Å². The van der Waals surface area contributed by atoms with Crippen LogP contribution in [0.2, 0.25) is 0 Å². The second kappa shape index (κ2) is 16.7. The van der Waals surface area contributed by atoms with Crippen LogP contribution in [-0.4, -0.2) is 61.0 Å². The highest BCUT2D eigenvalue weighted by molar-refractivity contribution is 5.91. The van der Waals surface area contributed by atoms with Crippen molar-refractivity contribution in [2.45, 2.75) is 83.0 Å². The molecule has 1 heterocycles. The first kappa shape index (κ1) is 39.9. The Hall–Kier alpha value is -5.28. The van der Waals surface area contributed by atoms with Gasteiger partial charge in [-0.15, -0.1) is 0 Å². The van der Waals surface area contributed by atoms with Gasteiger partial charge >= 0.3 is 23.9 Å². The molecule has 7 atom stereocenters. The van der Waals surface area contributed by atoms with Crippen LogP contribution in [0.25, 0.3) is 0 Å². The first-order valence-corrected chi connectivity index (χ1v) is 20.1. The molecule has 1 saturated heterocycles.